The summed E-state index contributed by atoms with van der Waals surface area (Å²) >= 11 is 3.36. The van der Waals surface area contributed by atoms with Gasteiger partial charge in [-0.1, -0.05) is 28.1 Å². The highest BCUT2D eigenvalue weighted by molar-refractivity contribution is 9.10. The molecule has 0 radical (unpaired) electrons. The van der Waals surface area contributed by atoms with Crippen LogP contribution < -0.4 is 15.4 Å². The average molecular weight is 421 g/mol. The minimum absolute atomic E-state index is 0.280. The van der Waals surface area contributed by atoms with Gasteiger partial charge in [0, 0.05) is 18.1 Å². The Kier molecular flexibility index (Phi) is 7.62. The predicted octanol–water partition coefficient (Wildman–Crippen LogP) is 3.48. The number of nitrogens with one attached hydrogen (secondary N) is 2. The fourth-order valence-corrected chi connectivity index (χ4v) is 2.66. The summed E-state index contributed by atoms with van der Waals surface area (Å²) in [5.74, 6) is -0.153. The van der Waals surface area contributed by atoms with Crippen molar-refractivity contribution in [2.24, 2.45) is 0 Å². The predicted molar refractivity (Wildman–Crippen MR) is 104 cm³/mol. The Balaban J connectivity index is 2.22. The van der Waals surface area contributed by atoms with E-state index in [1.165, 1.54) is 0 Å². The van der Waals surface area contributed by atoms with Gasteiger partial charge in [-0.3, -0.25) is 9.59 Å². The first-order chi connectivity index (χ1) is 12.6. The third kappa shape index (κ3) is 5.31. The van der Waals surface area contributed by atoms with Crippen LogP contribution in [0.1, 0.15) is 27.6 Å². The van der Waals surface area contributed by atoms with Crippen LogP contribution in [0, 0.1) is 0 Å². The maximum Gasteiger partial charge on any atom is 0.259 e. The zero-order valence-corrected chi connectivity index (χ0v) is 16.3. The summed E-state index contributed by atoms with van der Waals surface area (Å²) in [6, 6.07) is 12.0. The molecule has 0 bridgehead atoms. The Morgan fingerprint density at radius 3 is 2.58 bits per heavy atom. The van der Waals surface area contributed by atoms with Gasteiger partial charge in [0.15, 0.2) is 0 Å². The van der Waals surface area contributed by atoms with Gasteiger partial charge in [-0.15, -0.1) is 0 Å². The van der Waals surface area contributed by atoms with Gasteiger partial charge in [0.1, 0.15) is 5.75 Å². The molecule has 0 aromatic heterocycles. The van der Waals surface area contributed by atoms with Crippen LogP contribution in [0.15, 0.2) is 46.9 Å². The van der Waals surface area contributed by atoms with Crippen LogP contribution in [0.25, 0.3) is 0 Å². The summed E-state index contributed by atoms with van der Waals surface area (Å²) in [7, 11) is 1.56. The Bertz CT molecular complexity index is 780. The largest absolute Gasteiger partial charge is 0.493 e. The monoisotopic (exact) mass is 420 g/mol. The molecular weight excluding hydrogens is 400 g/mol. The number of benzene rings is 2. The van der Waals surface area contributed by atoms with E-state index in [4.69, 9.17) is 9.47 Å². The van der Waals surface area contributed by atoms with E-state index >= 15 is 0 Å². The van der Waals surface area contributed by atoms with Crippen molar-refractivity contribution < 1.29 is 19.1 Å². The van der Waals surface area contributed by atoms with Gasteiger partial charge >= 0.3 is 0 Å². The summed E-state index contributed by atoms with van der Waals surface area (Å²) in [4.78, 5) is 25.1. The lowest BCUT2D eigenvalue weighted by atomic mass is 10.1. The van der Waals surface area contributed by atoms with Crippen molar-refractivity contribution in [1.29, 1.82) is 0 Å². The number of methoxy groups -OCH3 is 1. The zero-order chi connectivity index (χ0) is 18.9. The Morgan fingerprint density at radius 2 is 1.85 bits per heavy atom. The zero-order valence-electron chi connectivity index (χ0n) is 14.7. The number of carbonyl (C=O) groups excluding carboxylic acids is 2. The van der Waals surface area contributed by atoms with Crippen LogP contribution in [0.4, 0.5) is 5.69 Å². The summed E-state index contributed by atoms with van der Waals surface area (Å²) in [6.45, 7) is 3.09. The van der Waals surface area contributed by atoms with Crippen LogP contribution >= 0.6 is 15.9 Å². The van der Waals surface area contributed by atoms with Gasteiger partial charge in [-0.2, -0.15) is 0 Å². The fraction of sp³-hybridized carbons (Fsp3) is 0.263. The van der Waals surface area contributed by atoms with Gasteiger partial charge in [0.2, 0.25) is 0 Å². The number of hydrogen-bond acceptors (Lipinski definition) is 4. The number of hydrogen-bond donors (Lipinski definition) is 2. The summed E-state index contributed by atoms with van der Waals surface area (Å²) in [6.07, 6.45) is 0. The molecule has 2 N–H and O–H groups in total. The molecule has 2 rings (SSSR count). The SMILES string of the molecule is CCOc1ccc(Br)cc1C(=O)Nc1ccccc1C(=O)NCCOC. The molecule has 0 heterocycles. The molecule has 6 nitrogen and oxygen atoms in total. The Labute approximate surface area is 161 Å². The third-order valence-corrected chi connectivity index (χ3v) is 3.99. The summed E-state index contributed by atoms with van der Waals surface area (Å²) < 4.78 is 11.2. The van der Waals surface area contributed by atoms with Crippen molar-refractivity contribution >= 4 is 33.4 Å². The molecule has 0 aliphatic carbocycles. The molecule has 2 aromatic carbocycles. The Morgan fingerprint density at radius 1 is 1.08 bits per heavy atom. The van der Waals surface area contributed by atoms with Gasteiger partial charge in [-0.25, -0.2) is 0 Å². The van der Waals surface area contributed by atoms with E-state index in [0.29, 0.717) is 42.3 Å². The second-order valence-electron chi connectivity index (χ2n) is 5.32. The quantitative estimate of drug-likeness (QED) is 0.640. The van der Waals surface area contributed by atoms with Crippen LogP contribution in [-0.2, 0) is 4.74 Å². The maximum absolute atomic E-state index is 12.7. The molecule has 2 aromatic rings. The van der Waals surface area contributed by atoms with Gasteiger partial charge < -0.3 is 20.1 Å². The van der Waals surface area contributed by atoms with Gasteiger partial charge in [0.25, 0.3) is 11.8 Å². The van der Waals surface area contributed by atoms with E-state index < -0.39 is 0 Å². The number of para-hydroxylation sites is 1. The molecule has 0 saturated heterocycles. The second-order valence-corrected chi connectivity index (χ2v) is 6.24. The van der Waals surface area contributed by atoms with E-state index in [2.05, 4.69) is 26.6 Å². The van der Waals surface area contributed by atoms with Crippen LogP contribution in [0.2, 0.25) is 0 Å². The van der Waals surface area contributed by atoms with Crippen LogP contribution in [0.5, 0.6) is 5.75 Å². The highest BCUT2D eigenvalue weighted by Crippen LogP contribution is 2.25. The molecule has 0 atom stereocenters. The molecule has 0 aliphatic heterocycles. The molecule has 0 aliphatic rings. The summed E-state index contributed by atoms with van der Waals surface area (Å²) in [5, 5.41) is 5.54. The van der Waals surface area contributed by atoms with Crippen molar-refractivity contribution in [3.63, 3.8) is 0 Å². The van der Waals surface area contributed by atoms with Crippen LogP contribution in [-0.4, -0.2) is 38.7 Å². The van der Waals surface area contributed by atoms with Gasteiger partial charge in [-0.05, 0) is 37.3 Å². The number of carbonyl (C=O) groups is 2. The molecule has 138 valence electrons. The highest BCUT2D eigenvalue weighted by atomic mass is 79.9. The second kappa shape index (κ2) is 9.94. The number of halogens is 1. The van der Waals surface area contributed by atoms with Crippen molar-refractivity contribution in [2.45, 2.75) is 6.92 Å². The van der Waals surface area contributed by atoms with Crippen LogP contribution in [0.3, 0.4) is 0 Å². The normalized spacial score (nSPS) is 10.3. The smallest absolute Gasteiger partial charge is 0.259 e. The maximum atomic E-state index is 12.7. The van der Waals surface area contributed by atoms with Crippen molar-refractivity contribution in [3.8, 4) is 5.75 Å². The lowest BCUT2D eigenvalue weighted by Crippen LogP contribution is -2.28. The molecule has 0 fully saturated rings. The number of rotatable bonds is 8. The van der Waals surface area contributed by atoms with E-state index in [0.717, 1.165) is 4.47 Å². The standard InChI is InChI=1S/C19H21BrN2O4/c1-3-26-17-9-8-13(20)12-15(17)19(24)22-16-7-5-4-6-14(16)18(23)21-10-11-25-2/h4-9,12H,3,10-11H2,1-2H3,(H,21,23)(H,22,24). The first kappa shape index (κ1) is 19.9. The fourth-order valence-electron chi connectivity index (χ4n) is 2.30. The molecule has 7 heteroatoms. The summed E-state index contributed by atoms with van der Waals surface area (Å²) in [5.41, 5.74) is 1.19. The van der Waals surface area contributed by atoms with Gasteiger partial charge in [0.05, 0.1) is 30.0 Å². The molecule has 0 spiro atoms. The molecule has 0 saturated carbocycles. The number of amides is 2. The minimum atomic E-state index is -0.355. The van der Waals surface area contributed by atoms with Crippen molar-refractivity contribution in [2.75, 3.05) is 32.2 Å². The van der Waals surface area contributed by atoms with E-state index in [9.17, 15) is 9.59 Å². The first-order valence-corrected chi connectivity index (χ1v) is 8.96. The minimum Gasteiger partial charge on any atom is -0.493 e. The lowest BCUT2D eigenvalue weighted by Gasteiger charge is -2.14. The molecule has 26 heavy (non-hydrogen) atoms. The van der Waals surface area contributed by atoms with Crippen molar-refractivity contribution in [3.05, 3.63) is 58.1 Å². The third-order valence-electron chi connectivity index (χ3n) is 3.50. The Hall–Kier alpha value is -2.38. The topological polar surface area (TPSA) is 76.7 Å². The van der Waals surface area contributed by atoms with E-state index in [-0.39, 0.29) is 11.8 Å². The van der Waals surface area contributed by atoms with Crippen molar-refractivity contribution in [1.82, 2.24) is 5.32 Å². The van der Waals surface area contributed by atoms with E-state index in [1.807, 2.05) is 6.92 Å². The number of ether oxygens (including phenoxy) is 2. The molecule has 2 amide bonds. The molecular formula is C19H21BrN2O4. The molecule has 0 unspecified atom stereocenters. The average Bonchev–Trinajstić information content (AvgIpc) is 2.64. The number of anilines is 1. The lowest BCUT2D eigenvalue weighted by molar-refractivity contribution is 0.0938. The highest BCUT2D eigenvalue weighted by Gasteiger charge is 2.17. The first-order valence-electron chi connectivity index (χ1n) is 8.16. The van der Waals surface area contributed by atoms with E-state index in [1.54, 1.807) is 49.6 Å².